The molecule has 0 aliphatic carbocycles. The number of H-pyrrole nitrogens is 1. The van der Waals surface area contributed by atoms with Gasteiger partial charge in [-0.1, -0.05) is 18.2 Å². The van der Waals surface area contributed by atoms with Gasteiger partial charge in [0.05, 0.1) is 6.04 Å². The normalized spacial score (nSPS) is 15.6. The number of aliphatic carboxylic acids is 1. The van der Waals surface area contributed by atoms with Gasteiger partial charge in [-0.05, 0) is 18.1 Å². The molecule has 0 bridgehead atoms. The Morgan fingerprint density at radius 2 is 2.00 bits per heavy atom. The number of aromatic amines is 1. The molecule has 21 heavy (non-hydrogen) atoms. The van der Waals surface area contributed by atoms with Crippen molar-refractivity contribution in [2.24, 2.45) is 17.2 Å². The number of carboxylic acid groups (broad SMARTS) is 1. The Balaban J connectivity index is 2.23. The lowest BCUT2D eigenvalue weighted by atomic mass is 9.88. The smallest absolute Gasteiger partial charge is 0.332 e. The van der Waals surface area contributed by atoms with E-state index in [2.05, 4.69) is 4.98 Å². The van der Waals surface area contributed by atoms with E-state index < -0.39 is 29.9 Å². The second kappa shape index (κ2) is 5.65. The minimum Gasteiger partial charge on any atom is -0.479 e. The number of Topliss-reactive ketones (excluding diaryl/α,β-unsaturated/α-hetero) is 1. The number of para-hydroxylation sites is 1. The van der Waals surface area contributed by atoms with E-state index in [0.717, 1.165) is 16.5 Å². The fourth-order valence-electron chi connectivity index (χ4n) is 2.25. The molecule has 7 heteroatoms. The zero-order chi connectivity index (χ0) is 15.6. The number of rotatable bonds is 6. The van der Waals surface area contributed by atoms with Gasteiger partial charge in [-0.15, -0.1) is 0 Å². The summed E-state index contributed by atoms with van der Waals surface area (Å²) in [4.78, 5) is 26.4. The molecule has 7 nitrogen and oxygen atoms in total. The van der Waals surface area contributed by atoms with Gasteiger partial charge in [-0.2, -0.15) is 0 Å². The Kier molecular flexibility index (Phi) is 4.08. The van der Waals surface area contributed by atoms with Crippen LogP contribution in [0.2, 0.25) is 0 Å². The van der Waals surface area contributed by atoms with E-state index >= 15 is 0 Å². The number of ketones is 1. The average Bonchev–Trinajstić information content (AvgIpc) is 2.88. The van der Waals surface area contributed by atoms with Crippen molar-refractivity contribution < 1.29 is 14.7 Å². The quantitative estimate of drug-likeness (QED) is 0.446. The molecule has 112 valence electrons. The van der Waals surface area contributed by atoms with E-state index in [1.54, 1.807) is 6.20 Å². The Morgan fingerprint density at radius 3 is 2.62 bits per heavy atom. The van der Waals surface area contributed by atoms with Gasteiger partial charge >= 0.3 is 5.97 Å². The number of benzene rings is 1. The summed E-state index contributed by atoms with van der Waals surface area (Å²) in [5.41, 5.74) is 16.3. The lowest BCUT2D eigenvalue weighted by molar-refractivity contribution is -0.148. The van der Waals surface area contributed by atoms with E-state index in [1.807, 2.05) is 24.3 Å². The Labute approximate surface area is 121 Å². The Hall–Kier alpha value is -2.22. The van der Waals surface area contributed by atoms with Crippen LogP contribution in [0, 0.1) is 0 Å². The first-order chi connectivity index (χ1) is 9.90. The van der Waals surface area contributed by atoms with Crippen LogP contribution in [0.15, 0.2) is 30.5 Å². The molecular weight excluding hydrogens is 272 g/mol. The third kappa shape index (κ3) is 2.66. The summed E-state index contributed by atoms with van der Waals surface area (Å²) in [6.45, 7) is -0.497. The molecule has 1 heterocycles. The highest BCUT2D eigenvalue weighted by atomic mass is 16.4. The molecule has 0 saturated carbocycles. The topological polar surface area (TPSA) is 148 Å². The molecule has 1 aromatic carbocycles. The van der Waals surface area contributed by atoms with E-state index in [-0.39, 0.29) is 6.42 Å². The summed E-state index contributed by atoms with van der Waals surface area (Å²) < 4.78 is 0. The fraction of sp³-hybridized carbons (Fsp3) is 0.286. The SMILES string of the molecule is NCC(N)(C(=O)O)C(=O)[C@@H](N)Cc1c[nH]c2ccccc12. The molecule has 2 atom stereocenters. The minimum absolute atomic E-state index is 0.190. The zero-order valence-corrected chi connectivity index (χ0v) is 11.4. The molecule has 0 spiro atoms. The number of carbonyl (C=O) groups is 2. The first-order valence-corrected chi connectivity index (χ1v) is 6.47. The fourth-order valence-corrected chi connectivity index (χ4v) is 2.25. The maximum Gasteiger partial charge on any atom is 0.332 e. The number of hydrogen-bond acceptors (Lipinski definition) is 5. The molecule has 8 N–H and O–H groups in total. The predicted molar refractivity (Wildman–Crippen MR) is 78.6 cm³/mol. The first-order valence-electron chi connectivity index (χ1n) is 6.47. The number of hydrogen-bond donors (Lipinski definition) is 5. The molecule has 0 saturated heterocycles. The van der Waals surface area contributed by atoms with Gasteiger partial charge in [-0.3, -0.25) is 4.79 Å². The molecule has 0 aliphatic heterocycles. The molecule has 2 aromatic rings. The van der Waals surface area contributed by atoms with Gasteiger partial charge in [0.2, 0.25) is 0 Å². The van der Waals surface area contributed by atoms with Crippen molar-refractivity contribution in [1.82, 2.24) is 4.98 Å². The molecule has 0 radical (unpaired) electrons. The summed E-state index contributed by atoms with van der Waals surface area (Å²) in [5.74, 6) is -2.24. The zero-order valence-electron chi connectivity index (χ0n) is 11.4. The molecular formula is C14H18N4O3. The maximum absolute atomic E-state index is 12.2. The van der Waals surface area contributed by atoms with Crippen molar-refractivity contribution >= 4 is 22.7 Å². The second-order valence-electron chi connectivity index (χ2n) is 5.01. The van der Waals surface area contributed by atoms with Crippen LogP contribution >= 0.6 is 0 Å². The summed E-state index contributed by atoms with van der Waals surface area (Å²) in [6, 6.07) is 6.52. The summed E-state index contributed by atoms with van der Waals surface area (Å²) in [6.07, 6.45) is 1.94. The van der Waals surface area contributed by atoms with Gasteiger partial charge in [0.1, 0.15) is 0 Å². The van der Waals surface area contributed by atoms with Crippen LogP contribution in [0.1, 0.15) is 5.56 Å². The van der Waals surface area contributed by atoms with Crippen molar-refractivity contribution in [3.8, 4) is 0 Å². The number of carboxylic acids is 1. The van der Waals surface area contributed by atoms with Crippen molar-refractivity contribution in [2.75, 3.05) is 6.54 Å². The van der Waals surface area contributed by atoms with Crippen LogP contribution in [-0.2, 0) is 16.0 Å². The van der Waals surface area contributed by atoms with E-state index in [0.29, 0.717) is 0 Å². The number of carbonyl (C=O) groups excluding carboxylic acids is 1. The monoisotopic (exact) mass is 290 g/mol. The molecule has 0 aliphatic rings. The van der Waals surface area contributed by atoms with Crippen LogP contribution in [0.4, 0.5) is 0 Å². The lowest BCUT2D eigenvalue weighted by Crippen LogP contribution is -2.64. The van der Waals surface area contributed by atoms with E-state index in [9.17, 15) is 9.59 Å². The van der Waals surface area contributed by atoms with Crippen molar-refractivity contribution in [3.05, 3.63) is 36.0 Å². The van der Waals surface area contributed by atoms with Gasteiger partial charge in [-0.25, -0.2) is 4.79 Å². The van der Waals surface area contributed by atoms with Crippen LogP contribution in [0.5, 0.6) is 0 Å². The van der Waals surface area contributed by atoms with E-state index in [1.165, 1.54) is 0 Å². The Bertz CT molecular complexity index is 682. The van der Waals surface area contributed by atoms with Gasteiger partial charge in [0.25, 0.3) is 0 Å². The maximum atomic E-state index is 12.2. The number of nitrogens with one attached hydrogen (secondary N) is 1. The van der Waals surface area contributed by atoms with Crippen LogP contribution < -0.4 is 17.2 Å². The Morgan fingerprint density at radius 1 is 1.33 bits per heavy atom. The number of fused-ring (bicyclic) bond motifs is 1. The largest absolute Gasteiger partial charge is 0.479 e. The van der Waals surface area contributed by atoms with Crippen LogP contribution in [0.25, 0.3) is 10.9 Å². The summed E-state index contributed by atoms with van der Waals surface area (Å²) in [7, 11) is 0. The summed E-state index contributed by atoms with van der Waals surface area (Å²) in [5, 5.41) is 10.00. The van der Waals surface area contributed by atoms with Gasteiger partial charge in [0, 0.05) is 23.6 Å². The highest BCUT2D eigenvalue weighted by molar-refractivity contribution is 6.10. The second-order valence-corrected chi connectivity index (χ2v) is 5.01. The average molecular weight is 290 g/mol. The van der Waals surface area contributed by atoms with Gasteiger partial charge < -0.3 is 27.3 Å². The summed E-state index contributed by atoms with van der Waals surface area (Å²) >= 11 is 0. The number of nitrogens with two attached hydrogens (primary N) is 3. The van der Waals surface area contributed by atoms with E-state index in [4.69, 9.17) is 22.3 Å². The van der Waals surface area contributed by atoms with Crippen molar-refractivity contribution in [2.45, 2.75) is 18.0 Å². The molecule has 0 amide bonds. The third-order valence-corrected chi connectivity index (χ3v) is 3.59. The standard InChI is InChI=1S/C14H18N4O3/c15-7-14(17,13(20)21)12(19)10(16)5-8-6-18-11-4-2-1-3-9(8)11/h1-4,6,10,18H,5,7,15-17H2,(H,20,21)/t10-,14?/m0/s1. The van der Waals surface area contributed by atoms with Crippen LogP contribution in [0.3, 0.4) is 0 Å². The third-order valence-electron chi connectivity index (χ3n) is 3.59. The van der Waals surface area contributed by atoms with Crippen molar-refractivity contribution in [1.29, 1.82) is 0 Å². The predicted octanol–water partition coefficient (Wildman–Crippen LogP) is -0.652. The lowest BCUT2D eigenvalue weighted by Gasteiger charge is -2.24. The number of aromatic nitrogens is 1. The highest BCUT2D eigenvalue weighted by Crippen LogP contribution is 2.19. The molecule has 1 aromatic heterocycles. The molecule has 2 rings (SSSR count). The highest BCUT2D eigenvalue weighted by Gasteiger charge is 2.43. The minimum atomic E-state index is -2.15. The molecule has 0 fully saturated rings. The first kappa shape index (κ1) is 15.2. The molecule has 1 unspecified atom stereocenters. The van der Waals surface area contributed by atoms with Crippen molar-refractivity contribution in [3.63, 3.8) is 0 Å². The van der Waals surface area contributed by atoms with Gasteiger partial charge in [0.15, 0.2) is 11.3 Å². The van der Waals surface area contributed by atoms with Crippen LogP contribution in [-0.4, -0.2) is 40.0 Å².